The molecule has 0 spiro atoms. The first kappa shape index (κ1) is 21.8. The summed E-state index contributed by atoms with van der Waals surface area (Å²) in [5.41, 5.74) is 2.36. The second kappa shape index (κ2) is 10.2. The Bertz CT molecular complexity index is 717. The van der Waals surface area contributed by atoms with Gasteiger partial charge >= 0.3 is 5.97 Å². The van der Waals surface area contributed by atoms with Crippen LogP contribution in [0.4, 0.5) is 0 Å². The molecule has 0 fully saturated rings. The van der Waals surface area contributed by atoms with Gasteiger partial charge in [0.25, 0.3) is 0 Å². The Morgan fingerprint density at radius 3 is 2.00 bits per heavy atom. The van der Waals surface area contributed by atoms with Crippen LogP contribution in [-0.2, 0) is 9.53 Å². The van der Waals surface area contributed by atoms with Gasteiger partial charge in [-0.1, -0.05) is 60.7 Å². The van der Waals surface area contributed by atoms with E-state index in [0.717, 1.165) is 13.0 Å². The summed E-state index contributed by atoms with van der Waals surface area (Å²) in [6.07, 6.45) is 1.03. The Morgan fingerprint density at radius 2 is 1.54 bits per heavy atom. The summed E-state index contributed by atoms with van der Waals surface area (Å²) in [4.78, 5) is 14.1. The number of carbonyl (C=O) groups excluding carboxylic acids is 1. The Balaban J connectivity index is 1.98. The van der Waals surface area contributed by atoms with Crippen LogP contribution in [0, 0.1) is 5.41 Å². The molecule has 2 aromatic carbocycles. The number of likely N-dealkylation sites (N-methyl/N-ethyl adjacent to an activating group) is 1. The van der Waals surface area contributed by atoms with Crippen LogP contribution in [0.5, 0.6) is 0 Å². The Labute approximate surface area is 169 Å². The molecule has 0 aromatic heterocycles. The maximum Gasteiger partial charge on any atom is 0.312 e. The first-order valence-corrected chi connectivity index (χ1v) is 9.81. The van der Waals surface area contributed by atoms with Crippen LogP contribution >= 0.6 is 0 Å². The van der Waals surface area contributed by atoms with E-state index in [4.69, 9.17) is 10.1 Å². The number of hydrogen-bond donors (Lipinski definition) is 1. The van der Waals surface area contributed by atoms with Crippen LogP contribution in [0.1, 0.15) is 50.7 Å². The van der Waals surface area contributed by atoms with Crippen LogP contribution in [0.3, 0.4) is 0 Å². The third kappa shape index (κ3) is 7.28. The summed E-state index contributed by atoms with van der Waals surface area (Å²) in [5.74, 6) is -0.00609. The minimum absolute atomic E-state index is 0.0528. The fourth-order valence-electron chi connectivity index (χ4n) is 3.57. The molecule has 0 amide bonds. The minimum Gasteiger partial charge on any atom is -0.458 e. The second-order valence-electron chi connectivity index (χ2n) is 8.09. The maximum absolute atomic E-state index is 11.9. The molecular formula is C24H32N2O2. The fourth-order valence-corrected chi connectivity index (χ4v) is 3.57. The lowest BCUT2D eigenvalue weighted by Gasteiger charge is -2.31. The monoisotopic (exact) mass is 380 g/mol. The van der Waals surface area contributed by atoms with Crippen LogP contribution in [0.15, 0.2) is 60.7 Å². The molecule has 0 aliphatic rings. The number of rotatable bonds is 10. The molecule has 0 bridgehead atoms. The van der Waals surface area contributed by atoms with Gasteiger partial charge in [0.05, 0.1) is 6.42 Å². The number of ether oxygens (including phenoxy) is 1. The van der Waals surface area contributed by atoms with Gasteiger partial charge in [-0.2, -0.15) is 0 Å². The van der Waals surface area contributed by atoms with Crippen molar-refractivity contribution < 1.29 is 9.53 Å². The molecule has 0 aliphatic carbocycles. The summed E-state index contributed by atoms with van der Waals surface area (Å²) in [6.45, 7) is 7.00. The van der Waals surface area contributed by atoms with Crippen molar-refractivity contribution >= 4 is 11.7 Å². The Morgan fingerprint density at radius 1 is 1.04 bits per heavy atom. The molecule has 28 heavy (non-hydrogen) atoms. The first-order valence-electron chi connectivity index (χ1n) is 9.81. The van der Waals surface area contributed by atoms with Crippen molar-refractivity contribution in [1.29, 1.82) is 5.41 Å². The smallest absolute Gasteiger partial charge is 0.312 e. The molecular weight excluding hydrogens is 348 g/mol. The molecule has 2 aromatic rings. The summed E-state index contributed by atoms with van der Waals surface area (Å²) in [6, 6.07) is 21.2. The number of nitrogens with zero attached hydrogens (tertiary/aromatic N) is 1. The van der Waals surface area contributed by atoms with Gasteiger partial charge in [-0.05, 0) is 51.9 Å². The van der Waals surface area contributed by atoms with E-state index in [1.165, 1.54) is 11.1 Å². The Kier molecular flexibility index (Phi) is 7.94. The van der Waals surface area contributed by atoms with Gasteiger partial charge in [0.15, 0.2) is 0 Å². The van der Waals surface area contributed by atoms with Crippen LogP contribution in [0.25, 0.3) is 0 Å². The van der Waals surface area contributed by atoms with Crippen LogP contribution < -0.4 is 0 Å². The van der Waals surface area contributed by atoms with E-state index in [1.807, 2.05) is 26.0 Å². The summed E-state index contributed by atoms with van der Waals surface area (Å²) < 4.78 is 5.57. The van der Waals surface area contributed by atoms with Crippen molar-refractivity contribution in [2.75, 3.05) is 20.1 Å². The average molecular weight is 381 g/mol. The van der Waals surface area contributed by atoms with Gasteiger partial charge in [0, 0.05) is 18.2 Å². The Hall–Kier alpha value is -2.46. The number of nitrogens with one attached hydrogen (secondary N) is 1. The molecule has 0 aliphatic heterocycles. The van der Waals surface area contributed by atoms with E-state index in [9.17, 15) is 4.79 Å². The molecule has 4 nitrogen and oxygen atoms in total. The highest BCUT2D eigenvalue weighted by atomic mass is 16.6. The van der Waals surface area contributed by atoms with Crippen molar-refractivity contribution in [2.45, 2.75) is 45.1 Å². The highest BCUT2D eigenvalue weighted by Gasteiger charge is 2.25. The average Bonchev–Trinajstić information content (AvgIpc) is 2.62. The first-order chi connectivity index (χ1) is 13.3. The minimum atomic E-state index is -0.587. The normalized spacial score (nSPS) is 11.6. The van der Waals surface area contributed by atoms with Gasteiger partial charge in [0.1, 0.15) is 5.60 Å². The van der Waals surface area contributed by atoms with E-state index in [0.29, 0.717) is 18.2 Å². The second-order valence-corrected chi connectivity index (χ2v) is 8.09. The predicted octanol–water partition coefficient (Wildman–Crippen LogP) is 4.89. The third-order valence-corrected chi connectivity index (χ3v) is 4.65. The molecule has 0 heterocycles. The highest BCUT2D eigenvalue weighted by molar-refractivity contribution is 5.95. The zero-order chi connectivity index (χ0) is 20.6. The number of carbonyl (C=O) groups is 1. The number of hydrogen-bond acceptors (Lipinski definition) is 4. The van der Waals surface area contributed by atoms with Gasteiger partial charge < -0.3 is 15.0 Å². The lowest BCUT2D eigenvalue weighted by Crippen LogP contribution is -2.41. The van der Waals surface area contributed by atoms with E-state index < -0.39 is 5.60 Å². The quantitative estimate of drug-likeness (QED) is 0.471. The van der Waals surface area contributed by atoms with Crippen molar-refractivity contribution in [1.82, 2.24) is 4.90 Å². The van der Waals surface area contributed by atoms with Crippen molar-refractivity contribution in [3.8, 4) is 0 Å². The van der Waals surface area contributed by atoms with Crippen molar-refractivity contribution in [3.05, 3.63) is 71.8 Å². The molecule has 2 rings (SSSR count). The summed E-state index contributed by atoms with van der Waals surface area (Å²) in [5, 5.41) is 7.44. The lowest BCUT2D eigenvalue weighted by molar-refractivity contribution is -0.156. The molecule has 0 saturated carbocycles. The standard InChI is InChI=1S/C24H32N2O2/c1-19(25)17-23(27)28-24(2,3)18-26(4)16-15-22(20-11-7-5-8-12-20)21-13-9-6-10-14-21/h5-14,22,25H,15-18H2,1-4H3. The molecule has 0 unspecified atom stereocenters. The van der Waals surface area contributed by atoms with E-state index in [-0.39, 0.29) is 12.4 Å². The van der Waals surface area contributed by atoms with Crippen molar-refractivity contribution in [3.63, 3.8) is 0 Å². The summed E-state index contributed by atoms with van der Waals surface area (Å²) >= 11 is 0. The van der Waals surface area contributed by atoms with Gasteiger partial charge in [-0.15, -0.1) is 0 Å². The fraction of sp³-hybridized carbons (Fsp3) is 0.417. The van der Waals surface area contributed by atoms with E-state index in [2.05, 4.69) is 60.5 Å². The topological polar surface area (TPSA) is 53.4 Å². The molecule has 1 N–H and O–H groups in total. The van der Waals surface area contributed by atoms with E-state index in [1.54, 1.807) is 6.92 Å². The van der Waals surface area contributed by atoms with Crippen LogP contribution in [-0.4, -0.2) is 42.3 Å². The van der Waals surface area contributed by atoms with Crippen LogP contribution in [0.2, 0.25) is 0 Å². The molecule has 150 valence electrons. The zero-order valence-corrected chi connectivity index (χ0v) is 17.4. The third-order valence-electron chi connectivity index (χ3n) is 4.65. The summed E-state index contributed by atoms with van der Waals surface area (Å²) in [7, 11) is 2.06. The predicted molar refractivity (Wildman–Crippen MR) is 115 cm³/mol. The highest BCUT2D eigenvalue weighted by Crippen LogP contribution is 2.28. The van der Waals surface area contributed by atoms with Gasteiger partial charge in [-0.3, -0.25) is 4.79 Å². The SMILES string of the molecule is CC(=N)CC(=O)OC(C)(C)CN(C)CCC(c1ccccc1)c1ccccc1. The number of esters is 1. The van der Waals surface area contributed by atoms with E-state index >= 15 is 0 Å². The zero-order valence-electron chi connectivity index (χ0n) is 17.4. The molecule has 0 radical (unpaired) electrons. The lowest BCUT2D eigenvalue weighted by atomic mass is 9.88. The van der Waals surface area contributed by atoms with Crippen molar-refractivity contribution in [2.24, 2.45) is 0 Å². The van der Waals surface area contributed by atoms with Gasteiger partial charge in [-0.25, -0.2) is 0 Å². The molecule has 0 atom stereocenters. The molecule has 0 saturated heterocycles. The van der Waals surface area contributed by atoms with Gasteiger partial charge in [0.2, 0.25) is 0 Å². The maximum atomic E-state index is 11.9. The largest absolute Gasteiger partial charge is 0.458 e. The molecule has 4 heteroatoms. The number of benzene rings is 2.